The highest BCUT2D eigenvalue weighted by Gasteiger charge is 2.27. The largest absolute Gasteiger partial charge is 0.207 e. The molecule has 0 atom stereocenters. The Morgan fingerprint density at radius 2 is 1.71 bits per heavy atom. The van der Waals surface area contributed by atoms with E-state index in [-0.39, 0.29) is 5.41 Å². The van der Waals surface area contributed by atoms with E-state index in [0.717, 1.165) is 6.07 Å². The van der Waals surface area contributed by atoms with E-state index < -0.39 is 11.6 Å². The predicted octanol–water partition coefficient (Wildman–Crippen LogP) is 3.90. The fourth-order valence-corrected chi connectivity index (χ4v) is 1.32. The van der Waals surface area contributed by atoms with Gasteiger partial charge in [-0.05, 0) is 23.0 Å². The first-order valence-corrected chi connectivity index (χ1v) is 4.81. The third-order valence-electron chi connectivity index (χ3n) is 3.07. The average molecular weight is 198 g/mol. The van der Waals surface area contributed by atoms with Crippen molar-refractivity contribution >= 4 is 0 Å². The molecule has 0 heterocycles. The lowest BCUT2D eigenvalue weighted by molar-refractivity contribution is 0.356. The van der Waals surface area contributed by atoms with Gasteiger partial charge in [0, 0.05) is 6.07 Å². The van der Waals surface area contributed by atoms with E-state index in [4.69, 9.17) is 0 Å². The summed E-state index contributed by atoms with van der Waals surface area (Å²) in [7, 11) is 0. The zero-order valence-corrected chi connectivity index (χ0v) is 9.07. The minimum absolute atomic E-state index is 0.266. The van der Waals surface area contributed by atoms with Crippen molar-refractivity contribution in [2.24, 2.45) is 5.92 Å². The number of hydrogen-bond donors (Lipinski definition) is 0. The van der Waals surface area contributed by atoms with Crippen LogP contribution in [-0.2, 0) is 5.41 Å². The predicted molar refractivity (Wildman–Crippen MR) is 54.2 cm³/mol. The molecule has 0 fully saturated rings. The fourth-order valence-electron chi connectivity index (χ4n) is 1.32. The highest BCUT2D eigenvalue weighted by atomic mass is 19.1. The van der Waals surface area contributed by atoms with Crippen LogP contribution in [0.4, 0.5) is 8.78 Å². The second-order valence-electron chi connectivity index (χ2n) is 4.50. The van der Waals surface area contributed by atoms with Crippen LogP contribution < -0.4 is 0 Å². The molecule has 1 aromatic rings. The van der Waals surface area contributed by atoms with Gasteiger partial charge in [0.1, 0.15) is 11.6 Å². The number of hydrogen-bond acceptors (Lipinski definition) is 0. The Morgan fingerprint density at radius 1 is 1.14 bits per heavy atom. The summed E-state index contributed by atoms with van der Waals surface area (Å²) in [6.45, 7) is 7.99. The van der Waals surface area contributed by atoms with Gasteiger partial charge in [-0.15, -0.1) is 0 Å². The Morgan fingerprint density at radius 3 is 2.14 bits per heavy atom. The smallest absolute Gasteiger partial charge is 0.129 e. The molecule has 2 heteroatoms. The van der Waals surface area contributed by atoms with Gasteiger partial charge in [-0.2, -0.15) is 0 Å². The maximum atomic E-state index is 13.5. The second kappa shape index (κ2) is 3.68. The summed E-state index contributed by atoms with van der Waals surface area (Å²) >= 11 is 0. The van der Waals surface area contributed by atoms with E-state index >= 15 is 0 Å². The minimum atomic E-state index is -0.522. The Kier molecular flexibility index (Phi) is 2.93. The summed E-state index contributed by atoms with van der Waals surface area (Å²) < 4.78 is 26.2. The third-order valence-corrected chi connectivity index (χ3v) is 3.07. The highest BCUT2D eigenvalue weighted by molar-refractivity contribution is 5.26. The van der Waals surface area contributed by atoms with E-state index in [0.29, 0.717) is 11.5 Å². The van der Waals surface area contributed by atoms with Gasteiger partial charge in [-0.25, -0.2) is 8.78 Å². The molecule has 78 valence electrons. The number of rotatable bonds is 2. The monoisotopic (exact) mass is 198 g/mol. The standard InChI is InChI=1S/C12H16F2/c1-8(2)12(3,4)10-6-5-9(13)7-11(10)14/h5-8H,1-4H3. The van der Waals surface area contributed by atoms with Gasteiger partial charge >= 0.3 is 0 Å². The molecular formula is C12H16F2. The van der Waals surface area contributed by atoms with Crippen molar-refractivity contribution < 1.29 is 8.78 Å². The zero-order chi connectivity index (χ0) is 10.9. The van der Waals surface area contributed by atoms with Crippen molar-refractivity contribution in [1.29, 1.82) is 0 Å². The molecule has 0 aliphatic heterocycles. The van der Waals surface area contributed by atoms with Crippen LogP contribution >= 0.6 is 0 Å². The molecule has 0 aliphatic rings. The van der Waals surface area contributed by atoms with E-state index in [1.54, 1.807) is 0 Å². The third kappa shape index (κ3) is 1.94. The van der Waals surface area contributed by atoms with Gasteiger partial charge in [-0.1, -0.05) is 33.8 Å². The van der Waals surface area contributed by atoms with Crippen molar-refractivity contribution in [2.75, 3.05) is 0 Å². The van der Waals surface area contributed by atoms with Crippen LogP contribution in [0.1, 0.15) is 33.3 Å². The van der Waals surface area contributed by atoms with Gasteiger partial charge in [0.15, 0.2) is 0 Å². The molecule has 0 aromatic heterocycles. The Balaban J connectivity index is 3.19. The Bertz CT molecular complexity index is 327. The first-order chi connectivity index (χ1) is 6.35. The van der Waals surface area contributed by atoms with Crippen LogP contribution in [0.25, 0.3) is 0 Å². The zero-order valence-electron chi connectivity index (χ0n) is 9.07. The fraction of sp³-hybridized carbons (Fsp3) is 0.500. The molecule has 0 N–H and O–H groups in total. The lowest BCUT2D eigenvalue weighted by Gasteiger charge is -2.30. The summed E-state index contributed by atoms with van der Waals surface area (Å²) in [4.78, 5) is 0. The van der Waals surface area contributed by atoms with Crippen LogP contribution in [0.15, 0.2) is 18.2 Å². The van der Waals surface area contributed by atoms with Crippen LogP contribution in [0.5, 0.6) is 0 Å². The first-order valence-electron chi connectivity index (χ1n) is 4.81. The molecule has 0 saturated carbocycles. The maximum absolute atomic E-state index is 13.5. The van der Waals surface area contributed by atoms with E-state index in [1.807, 2.05) is 27.7 Å². The molecular weight excluding hydrogens is 182 g/mol. The van der Waals surface area contributed by atoms with E-state index in [2.05, 4.69) is 0 Å². The lowest BCUT2D eigenvalue weighted by Crippen LogP contribution is -2.25. The maximum Gasteiger partial charge on any atom is 0.129 e. The molecule has 0 bridgehead atoms. The molecule has 0 aliphatic carbocycles. The molecule has 0 spiro atoms. The Hall–Kier alpha value is -0.920. The lowest BCUT2D eigenvalue weighted by atomic mass is 9.75. The molecule has 14 heavy (non-hydrogen) atoms. The molecule has 1 aromatic carbocycles. The summed E-state index contributed by atoms with van der Waals surface area (Å²) in [5, 5.41) is 0. The van der Waals surface area contributed by atoms with Crippen molar-refractivity contribution in [3.63, 3.8) is 0 Å². The summed E-state index contributed by atoms with van der Waals surface area (Å²) in [5.74, 6) is -0.669. The average Bonchev–Trinajstić information content (AvgIpc) is 2.02. The summed E-state index contributed by atoms with van der Waals surface area (Å²) in [5.41, 5.74) is 0.312. The molecule has 0 saturated heterocycles. The molecule has 0 unspecified atom stereocenters. The van der Waals surface area contributed by atoms with Crippen LogP contribution in [0.2, 0.25) is 0 Å². The first kappa shape index (κ1) is 11.2. The molecule has 0 radical (unpaired) electrons. The van der Waals surface area contributed by atoms with Crippen molar-refractivity contribution in [3.8, 4) is 0 Å². The number of benzene rings is 1. The van der Waals surface area contributed by atoms with Gasteiger partial charge in [0.2, 0.25) is 0 Å². The van der Waals surface area contributed by atoms with E-state index in [1.165, 1.54) is 12.1 Å². The van der Waals surface area contributed by atoms with Crippen LogP contribution in [0.3, 0.4) is 0 Å². The number of halogens is 2. The van der Waals surface area contributed by atoms with Crippen molar-refractivity contribution in [1.82, 2.24) is 0 Å². The SMILES string of the molecule is CC(C)C(C)(C)c1ccc(F)cc1F. The van der Waals surface area contributed by atoms with Gasteiger partial charge in [0.05, 0.1) is 0 Å². The van der Waals surface area contributed by atoms with Crippen molar-refractivity contribution in [3.05, 3.63) is 35.4 Å². The van der Waals surface area contributed by atoms with Gasteiger partial charge < -0.3 is 0 Å². The summed E-state index contributed by atoms with van der Waals surface area (Å²) in [6, 6.07) is 3.78. The molecule has 0 nitrogen and oxygen atoms in total. The molecule has 1 rings (SSSR count). The topological polar surface area (TPSA) is 0 Å². The minimum Gasteiger partial charge on any atom is -0.207 e. The second-order valence-corrected chi connectivity index (χ2v) is 4.50. The van der Waals surface area contributed by atoms with Crippen LogP contribution in [-0.4, -0.2) is 0 Å². The van der Waals surface area contributed by atoms with Crippen molar-refractivity contribution in [2.45, 2.75) is 33.1 Å². The van der Waals surface area contributed by atoms with Gasteiger partial charge in [0.25, 0.3) is 0 Å². The van der Waals surface area contributed by atoms with E-state index in [9.17, 15) is 8.78 Å². The quantitative estimate of drug-likeness (QED) is 0.676. The summed E-state index contributed by atoms with van der Waals surface area (Å²) in [6.07, 6.45) is 0. The normalized spacial score (nSPS) is 12.2. The highest BCUT2D eigenvalue weighted by Crippen LogP contribution is 2.33. The Labute approximate surface area is 84.0 Å². The van der Waals surface area contributed by atoms with Gasteiger partial charge in [-0.3, -0.25) is 0 Å². The van der Waals surface area contributed by atoms with Crippen LogP contribution in [0, 0.1) is 17.6 Å². The molecule has 0 amide bonds.